The van der Waals surface area contributed by atoms with Gasteiger partial charge in [-0.2, -0.15) is 0 Å². The average Bonchev–Trinajstić information content (AvgIpc) is 2.72. The first-order chi connectivity index (χ1) is 7.44. The van der Waals surface area contributed by atoms with Crippen molar-refractivity contribution in [3.63, 3.8) is 0 Å². The molecule has 2 fully saturated rings. The first-order valence-corrected chi connectivity index (χ1v) is 6.17. The minimum absolute atomic E-state index is 0.308. The van der Waals surface area contributed by atoms with Crippen molar-refractivity contribution in [1.29, 1.82) is 0 Å². The number of fused-ring (bicyclic) bond motifs is 2. The molecule has 2 rings (SSSR count). The fourth-order valence-corrected chi connectivity index (χ4v) is 2.71. The van der Waals surface area contributed by atoms with E-state index in [1.807, 2.05) is 20.8 Å². The second kappa shape index (κ2) is 4.24. The third kappa shape index (κ3) is 2.88. The number of carbonyl (C=O) groups is 1. The van der Waals surface area contributed by atoms with Crippen molar-refractivity contribution in [3.05, 3.63) is 0 Å². The molecule has 1 aliphatic carbocycles. The molecule has 0 aromatic rings. The lowest BCUT2D eigenvalue weighted by Gasteiger charge is -2.25. The summed E-state index contributed by atoms with van der Waals surface area (Å²) in [5.41, 5.74) is -0.411. The number of alkyl carbamates (subject to hydrolysis) is 1. The molecule has 0 spiro atoms. The topological polar surface area (TPSA) is 50.4 Å². The van der Waals surface area contributed by atoms with E-state index in [1.54, 1.807) is 0 Å². The van der Waals surface area contributed by atoms with Crippen molar-refractivity contribution < 1.29 is 9.53 Å². The molecule has 0 radical (unpaired) electrons. The van der Waals surface area contributed by atoms with Gasteiger partial charge in [0.25, 0.3) is 0 Å². The van der Waals surface area contributed by atoms with Gasteiger partial charge in [0, 0.05) is 18.6 Å². The summed E-state index contributed by atoms with van der Waals surface area (Å²) >= 11 is 0. The molecule has 92 valence electrons. The van der Waals surface area contributed by atoms with Gasteiger partial charge in [-0.05, 0) is 46.0 Å². The van der Waals surface area contributed by atoms with E-state index >= 15 is 0 Å². The lowest BCUT2D eigenvalue weighted by Crippen LogP contribution is -2.45. The van der Waals surface area contributed by atoms with Gasteiger partial charge in [-0.1, -0.05) is 0 Å². The van der Waals surface area contributed by atoms with Gasteiger partial charge in [0.15, 0.2) is 0 Å². The van der Waals surface area contributed by atoms with Crippen LogP contribution in [0.2, 0.25) is 0 Å². The number of piperidine rings is 1. The largest absolute Gasteiger partial charge is 0.444 e. The van der Waals surface area contributed by atoms with Crippen LogP contribution in [-0.4, -0.2) is 30.3 Å². The summed E-state index contributed by atoms with van der Waals surface area (Å²) < 4.78 is 5.20. The standard InChI is InChI=1S/C12H22N2O2/c1-12(2,3)16-11(15)13-7-10-8-4-5-9(6-8)14-10/h8-10,14H,4-7H2,1-3H3,(H,13,15)/t8-,9+,10+/m0/s1. The highest BCUT2D eigenvalue weighted by atomic mass is 16.6. The highest BCUT2D eigenvalue weighted by molar-refractivity contribution is 5.67. The molecule has 1 heterocycles. The Hall–Kier alpha value is -0.770. The van der Waals surface area contributed by atoms with Crippen LogP contribution in [0.4, 0.5) is 4.79 Å². The Morgan fingerprint density at radius 2 is 2.19 bits per heavy atom. The second-order valence-corrected chi connectivity index (χ2v) is 5.93. The summed E-state index contributed by atoms with van der Waals surface area (Å²) in [6.07, 6.45) is 3.57. The molecule has 0 aromatic heterocycles. The molecule has 1 saturated carbocycles. The van der Waals surface area contributed by atoms with Gasteiger partial charge in [-0.25, -0.2) is 4.79 Å². The zero-order valence-electron chi connectivity index (χ0n) is 10.4. The molecule has 1 aliphatic heterocycles. The Balaban J connectivity index is 1.70. The van der Waals surface area contributed by atoms with E-state index in [2.05, 4.69) is 10.6 Å². The number of rotatable bonds is 2. The van der Waals surface area contributed by atoms with Crippen LogP contribution < -0.4 is 10.6 Å². The summed E-state index contributed by atoms with van der Waals surface area (Å²) in [6.45, 7) is 6.32. The molecule has 0 unspecified atom stereocenters. The molecule has 4 nitrogen and oxygen atoms in total. The quantitative estimate of drug-likeness (QED) is 0.752. The molecule has 2 N–H and O–H groups in total. The monoisotopic (exact) mass is 226 g/mol. The van der Waals surface area contributed by atoms with Crippen LogP contribution in [0.5, 0.6) is 0 Å². The van der Waals surface area contributed by atoms with Crippen LogP contribution in [0.3, 0.4) is 0 Å². The van der Waals surface area contributed by atoms with Gasteiger partial charge >= 0.3 is 6.09 Å². The average molecular weight is 226 g/mol. The molecule has 4 heteroatoms. The molecule has 1 amide bonds. The lowest BCUT2D eigenvalue weighted by molar-refractivity contribution is 0.0519. The normalized spacial score (nSPS) is 32.8. The van der Waals surface area contributed by atoms with Crippen LogP contribution in [0, 0.1) is 5.92 Å². The molecule has 3 atom stereocenters. The number of hydrogen-bond acceptors (Lipinski definition) is 3. The molecule has 0 aromatic carbocycles. The third-order valence-corrected chi connectivity index (χ3v) is 3.36. The predicted molar refractivity (Wildman–Crippen MR) is 62.3 cm³/mol. The van der Waals surface area contributed by atoms with E-state index < -0.39 is 5.60 Å². The Morgan fingerprint density at radius 3 is 2.69 bits per heavy atom. The van der Waals surface area contributed by atoms with Crippen molar-refractivity contribution in [3.8, 4) is 0 Å². The Labute approximate surface area is 97.1 Å². The van der Waals surface area contributed by atoms with Crippen molar-refractivity contribution in [2.75, 3.05) is 6.54 Å². The maximum Gasteiger partial charge on any atom is 0.407 e. The molecule has 2 aliphatic rings. The minimum atomic E-state index is -0.411. The number of carbonyl (C=O) groups excluding carboxylic acids is 1. The fraction of sp³-hybridized carbons (Fsp3) is 0.917. The summed E-state index contributed by atoms with van der Waals surface area (Å²) in [5.74, 6) is 0.750. The molecule has 1 saturated heterocycles. The van der Waals surface area contributed by atoms with Crippen LogP contribution in [-0.2, 0) is 4.74 Å². The highest BCUT2D eigenvalue weighted by Crippen LogP contribution is 2.34. The SMILES string of the molecule is CC(C)(C)OC(=O)NC[C@H]1N[C@@H]2CC[C@H]1C2. The van der Waals surface area contributed by atoms with E-state index in [1.165, 1.54) is 19.3 Å². The van der Waals surface area contributed by atoms with Gasteiger partial charge < -0.3 is 15.4 Å². The first-order valence-electron chi connectivity index (χ1n) is 6.17. The third-order valence-electron chi connectivity index (χ3n) is 3.36. The summed E-state index contributed by atoms with van der Waals surface area (Å²) in [6, 6.07) is 1.14. The number of nitrogens with one attached hydrogen (secondary N) is 2. The van der Waals surface area contributed by atoms with Crippen molar-refractivity contribution >= 4 is 6.09 Å². The second-order valence-electron chi connectivity index (χ2n) is 5.93. The van der Waals surface area contributed by atoms with Gasteiger partial charge in [0.2, 0.25) is 0 Å². The van der Waals surface area contributed by atoms with Gasteiger partial charge in [0.05, 0.1) is 0 Å². The van der Waals surface area contributed by atoms with Crippen LogP contribution in [0.15, 0.2) is 0 Å². The van der Waals surface area contributed by atoms with Crippen molar-refractivity contribution in [2.45, 2.75) is 57.7 Å². The maximum atomic E-state index is 11.5. The van der Waals surface area contributed by atoms with Crippen molar-refractivity contribution in [1.82, 2.24) is 10.6 Å². The van der Waals surface area contributed by atoms with Gasteiger partial charge in [0.1, 0.15) is 5.60 Å². The first kappa shape index (κ1) is 11.7. The molecule has 16 heavy (non-hydrogen) atoms. The van der Waals surface area contributed by atoms with Crippen LogP contribution in [0.25, 0.3) is 0 Å². The summed E-state index contributed by atoms with van der Waals surface area (Å²) in [4.78, 5) is 11.5. The molecular formula is C12H22N2O2. The Bertz CT molecular complexity index is 273. The van der Waals surface area contributed by atoms with E-state index in [0.717, 1.165) is 5.92 Å². The number of hydrogen-bond donors (Lipinski definition) is 2. The minimum Gasteiger partial charge on any atom is -0.444 e. The fourth-order valence-electron chi connectivity index (χ4n) is 2.71. The maximum absolute atomic E-state index is 11.5. The van der Waals surface area contributed by atoms with Crippen LogP contribution in [0.1, 0.15) is 40.0 Å². The zero-order valence-corrected chi connectivity index (χ0v) is 10.4. The van der Waals surface area contributed by atoms with Crippen LogP contribution >= 0.6 is 0 Å². The lowest BCUT2D eigenvalue weighted by atomic mass is 10.0. The Kier molecular flexibility index (Phi) is 3.10. The van der Waals surface area contributed by atoms with E-state index in [0.29, 0.717) is 18.6 Å². The van der Waals surface area contributed by atoms with Gasteiger partial charge in [-0.15, -0.1) is 0 Å². The van der Waals surface area contributed by atoms with Crippen molar-refractivity contribution in [2.24, 2.45) is 5.92 Å². The molecular weight excluding hydrogens is 204 g/mol. The number of ether oxygens (including phenoxy) is 1. The molecule has 2 bridgehead atoms. The summed E-state index contributed by atoms with van der Waals surface area (Å²) in [7, 11) is 0. The highest BCUT2D eigenvalue weighted by Gasteiger charge is 2.38. The van der Waals surface area contributed by atoms with E-state index in [4.69, 9.17) is 4.74 Å². The van der Waals surface area contributed by atoms with Gasteiger partial charge in [-0.3, -0.25) is 0 Å². The summed E-state index contributed by atoms with van der Waals surface area (Å²) in [5, 5.41) is 6.38. The predicted octanol–water partition coefficient (Wildman–Crippen LogP) is 1.65. The van der Waals surface area contributed by atoms with E-state index in [9.17, 15) is 4.79 Å². The smallest absolute Gasteiger partial charge is 0.407 e. The van der Waals surface area contributed by atoms with E-state index in [-0.39, 0.29) is 6.09 Å². The Morgan fingerprint density at radius 1 is 1.44 bits per heavy atom. The number of amides is 1. The zero-order chi connectivity index (χ0) is 11.8.